The molecule has 0 aliphatic carbocycles. The highest BCUT2D eigenvalue weighted by Gasteiger charge is 2.30. The average Bonchev–Trinajstić information content (AvgIpc) is 3.27. The second kappa shape index (κ2) is 6.53. The van der Waals surface area contributed by atoms with Gasteiger partial charge in [-0.15, -0.1) is 0 Å². The minimum atomic E-state index is -4.39. The van der Waals surface area contributed by atoms with Gasteiger partial charge in [0.05, 0.1) is 12.0 Å². The van der Waals surface area contributed by atoms with Crippen LogP contribution < -0.4 is 0 Å². The molecule has 4 rings (SSSR count). The van der Waals surface area contributed by atoms with Gasteiger partial charge < -0.3 is 8.94 Å². The maximum absolute atomic E-state index is 12.8. The summed E-state index contributed by atoms with van der Waals surface area (Å²) in [6.07, 6.45) is -3.59. The summed E-state index contributed by atoms with van der Waals surface area (Å²) >= 11 is 0. The topological polar surface area (TPSA) is 65.0 Å². The molecule has 2 aromatic heterocycles. The molecule has 0 saturated carbocycles. The van der Waals surface area contributed by atoms with Crippen molar-refractivity contribution < 1.29 is 22.1 Å². The normalized spacial score (nSPS) is 12.0. The van der Waals surface area contributed by atoms with E-state index in [9.17, 15) is 13.2 Å². The van der Waals surface area contributed by atoms with Crippen molar-refractivity contribution in [2.45, 2.75) is 25.9 Å². The minimum Gasteiger partial charge on any atom is -0.441 e. The zero-order chi connectivity index (χ0) is 19.0. The lowest BCUT2D eigenvalue weighted by molar-refractivity contribution is -0.137. The molecule has 27 heavy (non-hydrogen) atoms. The highest BCUT2D eigenvalue weighted by molar-refractivity contribution is 5.78. The Hall–Kier alpha value is -3.16. The van der Waals surface area contributed by atoms with Crippen LogP contribution in [0.3, 0.4) is 0 Å². The Kier molecular flexibility index (Phi) is 4.18. The fourth-order valence-corrected chi connectivity index (χ4v) is 2.74. The van der Waals surface area contributed by atoms with Gasteiger partial charge in [0.1, 0.15) is 5.52 Å². The van der Waals surface area contributed by atoms with Crippen LogP contribution in [0.4, 0.5) is 13.2 Å². The highest BCUT2D eigenvalue weighted by atomic mass is 19.4. The summed E-state index contributed by atoms with van der Waals surface area (Å²) in [5.74, 6) is 1.22. The molecule has 0 aliphatic heterocycles. The Morgan fingerprint density at radius 2 is 1.85 bits per heavy atom. The maximum atomic E-state index is 12.8. The van der Waals surface area contributed by atoms with Crippen LogP contribution in [0.1, 0.15) is 29.8 Å². The Bertz CT molecular complexity index is 1100. The van der Waals surface area contributed by atoms with Crippen molar-refractivity contribution in [2.75, 3.05) is 0 Å². The number of aromatic nitrogens is 3. The van der Waals surface area contributed by atoms with Gasteiger partial charge in [0.2, 0.25) is 11.7 Å². The van der Waals surface area contributed by atoms with Crippen LogP contribution in [0.2, 0.25) is 0 Å². The van der Waals surface area contributed by atoms with Crippen LogP contribution in [0.15, 0.2) is 51.4 Å². The second-order valence-electron chi connectivity index (χ2n) is 6.03. The van der Waals surface area contributed by atoms with Crippen LogP contribution in [0.25, 0.3) is 22.5 Å². The van der Waals surface area contributed by atoms with E-state index in [1.165, 1.54) is 6.07 Å². The predicted octanol–water partition coefficient (Wildman–Crippen LogP) is 5.05. The van der Waals surface area contributed by atoms with Gasteiger partial charge in [-0.05, 0) is 29.8 Å². The molecule has 0 aliphatic rings. The van der Waals surface area contributed by atoms with Crippen molar-refractivity contribution in [3.05, 3.63) is 65.4 Å². The molecule has 0 radical (unpaired) electrons. The molecule has 8 heteroatoms. The Morgan fingerprint density at radius 3 is 2.63 bits per heavy atom. The van der Waals surface area contributed by atoms with Crippen molar-refractivity contribution in [3.63, 3.8) is 0 Å². The molecular weight excluding hydrogens is 359 g/mol. The lowest BCUT2D eigenvalue weighted by Gasteiger charge is -2.07. The predicted molar refractivity (Wildman–Crippen MR) is 90.9 cm³/mol. The third-order valence-electron chi connectivity index (χ3n) is 4.07. The van der Waals surface area contributed by atoms with E-state index in [4.69, 9.17) is 8.94 Å². The van der Waals surface area contributed by atoms with Crippen LogP contribution in [-0.2, 0) is 19.0 Å². The average molecular weight is 373 g/mol. The molecule has 0 N–H and O–H groups in total. The van der Waals surface area contributed by atoms with E-state index in [-0.39, 0.29) is 12.3 Å². The van der Waals surface area contributed by atoms with E-state index >= 15 is 0 Å². The first-order valence-corrected chi connectivity index (χ1v) is 8.31. The lowest BCUT2D eigenvalue weighted by atomic mass is 10.1. The zero-order valence-corrected chi connectivity index (χ0v) is 14.2. The van der Waals surface area contributed by atoms with Gasteiger partial charge in [0.15, 0.2) is 11.5 Å². The van der Waals surface area contributed by atoms with Crippen molar-refractivity contribution in [3.8, 4) is 11.4 Å². The van der Waals surface area contributed by atoms with Crippen LogP contribution in [0.5, 0.6) is 0 Å². The van der Waals surface area contributed by atoms with Crippen molar-refractivity contribution in [1.82, 2.24) is 15.1 Å². The van der Waals surface area contributed by atoms with Crippen molar-refractivity contribution >= 4 is 11.1 Å². The van der Waals surface area contributed by atoms with Crippen LogP contribution >= 0.6 is 0 Å². The van der Waals surface area contributed by atoms with E-state index in [2.05, 4.69) is 15.1 Å². The lowest BCUT2D eigenvalue weighted by Crippen LogP contribution is -2.05. The zero-order valence-electron chi connectivity index (χ0n) is 14.2. The number of aryl methyl sites for hydroxylation is 1. The molecule has 0 amide bonds. The molecule has 0 spiro atoms. The van der Waals surface area contributed by atoms with Gasteiger partial charge in [0, 0.05) is 12.0 Å². The molecule has 4 aromatic rings. The highest BCUT2D eigenvalue weighted by Crippen LogP contribution is 2.30. The molecule has 0 unspecified atom stereocenters. The number of nitrogens with zero attached hydrogens (tertiary/aromatic N) is 3. The van der Waals surface area contributed by atoms with Crippen LogP contribution in [-0.4, -0.2) is 15.1 Å². The Morgan fingerprint density at radius 1 is 1.00 bits per heavy atom. The summed E-state index contributed by atoms with van der Waals surface area (Å²) in [6, 6.07) is 10.4. The van der Waals surface area contributed by atoms with Gasteiger partial charge in [-0.25, -0.2) is 4.98 Å². The van der Waals surface area contributed by atoms with Gasteiger partial charge >= 0.3 is 6.18 Å². The molecule has 2 heterocycles. The smallest absolute Gasteiger partial charge is 0.416 e. The monoisotopic (exact) mass is 373 g/mol. The number of oxazole rings is 1. The summed E-state index contributed by atoms with van der Waals surface area (Å²) in [6.45, 7) is 1.95. The molecule has 138 valence electrons. The van der Waals surface area contributed by atoms with Crippen LogP contribution in [0, 0.1) is 0 Å². The first-order valence-electron chi connectivity index (χ1n) is 8.31. The quantitative estimate of drug-likeness (QED) is 0.501. The summed E-state index contributed by atoms with van der Waals surface area (Å²) in [4.78, 5) is 8.65. The Balaban J connectivity index is 1.58. The molecule has 0 atom stereocenters. The molecule has 0 fully saturated rings. The number of alkyl halides is 3. The SMILES string of the molecule is CCc1nc2cc(-c3noc(Cc4cccc(C(F)(F)F)c4)n3)ccc2o1. The minimum absolute atomic E-state index is 0.114. The van der Waals surface area contributed by atoms with Gasteiger partial charge in [0.25, 0.3) is 0 Å². The number of benzene rings is 2. The summed E-state index contributed by atoms with van der Waals surface area (Å²) < 4.78 is 49.2. The first-order chi connectivity index (χ1) is 12.9. The van der Waals surface area contributed by atoms with Gasteiger partial charge in [-0.1, -0.05) is 30.3 Å². The number of rotatable bonds is 4. The summed E-state index contributed by atoms with van der Waals surface area (Å²) in [7, 11) is 0. The molecular formula is C19H14F3N3O2. The number of hydrogen-bond donors (Lipinski definition) is 0. The number of hydrogen-bond acceptors (Lipinski definition) is 5. The van der Waals surface area contributed by atoms with E-state index in [0.717, 1.165) is 12.1 Å². The standard InChI is InChI=1S/C19H14F3N3O2/c1-2-16-23-14-10-12(6-7-15(14)26-16)18-24-17(27-25-18)9-11-4-3-5-13(8-11)19(20,21)22/h3-8,10H,2,9H2,1H3. The summed E-state index contributed by atoms with van der Waals surface area (Å²) in [5.41, 5.74) is 1.79. The molecule has 0 saturated heterocycles. The van der Waals surface area contributed by atoms with Crippen molar-refractivity contribution in [2.24, 2.45) is 0 Å². The van der Waals surface area contributed by atoms with E-state index < -0.39 is 11.7 Å². The van der Waals surface area contributed by atoms with E-state index in [1.54, 1.807) is 24.3 Å². The molecule has 5 nitrogen and oxygen atoms in total. The van der Waals surface area contributed by atoms with E-state index in [1.807, 2.05) is 6.92 Å². The fourth-order valence-electron chi connectivity index (χ4n) is 2.74. The fraction of sp³-hybridized carbons (Fsp3) is 0.211. The molecule has 0 bridgehead atoms. The third kappa shape index (κ3) is 3.55. The van der Waals surface area contributed by atoms with Crippen molar-refractivity contribution in [1.29, 1.82) is 0 Å². The maximum Gasteiger partial charge on any atom is 0.416 e. The molecule has 2 aromatic carbocycles. The Labute approximate surface area is 151 Å². The van der Waals surface area contributed by atoms with Gasteiger partial charge in [-0.3, -0.25) is 0 Å². The second-order valence-corrected chi connectivity index (χ2v) is 6.03. The largest absolute Gasteiger partial charge is 0.441 e. The summed E-state index contributed by atoms with van der Waals surface area (Å²) in [5, 5.41) is 3.92. The number of halogens is 3. The first kappa shape index (κ1) is 17.3. The van der Waals surface area contributed by atoms with E-state index in [0.29, 0.717) is 40.4 Å². The third-order valence-corrected chi connectivity index (χ3v) is 4.07. The number of fused-ring (bicyclic) bond motifs is 1. The van der Waals surface area contributed by atoms with Gasteiger partial charge in [-0.2, -0.15) is 18.2 Å².